The van der Waals surface area contributed by atoms with Crippen LogP contribution in [0.1, 0.15) is 24.5 Å². The number of hydrogen-bond acceptors (Lipinski definition) is 1. The van der Waals surface area contributed by atoms with Crippen molar-refractivity contribution in [3.05, 3.63) is 41.2 Å². The number of nitrogens with two attached hydrogens (primary N) is 1. The standard InChI is InChI=1S/C12H13F4N/c1-8(3-2-6-17)9-4-5-11(13)10(7-9)12(14,15)16/h3-5,7H,2,6,17H2,1H3/b8-3-. The zero-order chi connectivity index (χ0) is 13.1. The van der Waals surface area contributed by atoms with Crippen LogP contribution in [0.5, 0.6) is 0 Å². The van der Waals surface area contributed by atoms with Gasteiger partial charge in [-0.1, -0.05) is 12.1 Å². The van der Waals surface area contributed by atoms with E-state index in [2.05, 4.69) is 0 Å². The monoisotopic (exact) mass is 247 g/mol. The van der Waals surface area contributed by atoms with E-state index >= 15 is 0 Å². The van der Waals surface area contributed by atoms with Crippen molar-refractivity contribution in [3.8, 4) is 0 Å². The first kappa shape index (κ1) is 13.7. The Morgan fingerprint density at radius 2 is 2.00 bits per heavy atom. The van der Waals surface area contributed by atoms with Crippen molar-refractivity contribution < 1.29 is 17.6 Å². The lowest BCUT2D eigenvalue weighted by Crippen LogP contribution is -2.08. The Kier molecular flexibility index (Phi) is 4.28. The molecule has 0 fully saturated rings. The SMILES string of the molecule is C/C(=C/CCN)c1ccc(F)c(C(F)(F)F)c1. The molecule has 0 aliphatic rings. The van der Waals surface area contributed by atoms with Crippen molar-refractivity contribution in [2.24, 2.45) is 5.73 Å². The summed E-state index contributed by atoms with van der Waals surface area (Å²) in [4.78, 5) is 0. The number of allylic oxidation sites excluding steroid dienone is 1. The highest BCUT2D eigenvalue weighted by Crippen LogP contribution is 2.33. The summed E-state index contributed by atoms with van der Waals surface area (Å²) in [6, 6.07) is 2.97. The highest BCUT2D eigenvalue weighted by Gasteiger charge is 2.34. The van der Waals surface area contributed by atoms with Crippen LogP contribution >= 0.6 is 0 Å². The minimum atomic E-state index is -4.67. The van der Waals surface area contributed by atoms with Gasteiger partial charge in [0.25, 0.3) is 0 Å². The van der Waals surface area contributed by atoms with Crippen LogP contribution < -0.4 is 5.73 Å². The van der Waals surface area contributed by atoms with Crippen LogP contribution in [0.2, 0.25) is 0 Å². The second-order valence-corrected chi connectivity index (χ2v) is 3.66. The number of rotatable bonds is 3. The lowest BCUT2D eigenvalue weighted by molar-refractivity contribution is -0.140. The van der Waals surface area contributed by atoms with Crippen molar-refractivity contribution in [2.45, 2.75) is 19.5 Å². The molecule has 1 rings (SSSR count). The molecule has 0 unspecified atom stereocenters. The zero-order valence-corrected chi connectivity index (χ0v) is 9.31. The van der Waals surface area contributed by atoms with E-state index in [1.165, 1.54) is 6.07 Å². The smallest absolute Gasteiger partial charge is 0.330 e. The summed E-state index contributed by atoms with van der Waals surface area (Å²) in [7, 11) is 0. The Balaban J connectivity index is 3.13. The molecular formula is C12H13F4N. The van der Waals surface area contributed by atoms with Crippen molar-refractivity contribution >= 4 is 5.57 Å². The molecule has 0 amide bonds. The third kappa shape index (κ3) is 3.56. The van der Waals surface area contributed by atoms with Crippen LogP contribution in [0, 0.1) is 5.82 Å². The number of alkyl halides is 3. The second kappa shape index (κ2) is 5.31. The van der Waals surface area contributed by atoms with E-state index in [-0.39, 0.29) is 0 Å². The minimum Gasteiger partial charge on any atom is -0.330 e. The van der Waals surface area contributed by atoms with Gasteiger partial charge in [-0.2, -0.15) is 13.2 Å². The molecule has 0 atom stereocenters. The molecule has 0 spiro atoms. The van der Waals surface area contributed by atoms with Crippen LogP contribution in [0.3, 0.4) is 0 Å². The van der Waals surface area contributed by atoms with Crippen LogP contribution in [0.25, 0.3) is 5.57 Å². The lowest BCUT2D eigenvalue weighted by Gasteiger charge is -2.10. The molecule has 0 aliphatic heterocycles. The molecule has 1 nitrogen and oxygen atoms in total. The van der Waals surface area contributed by atoms with E-state index in [1.807, 2.05) is 0 Å². The molecule has 0 saturated carbocycles. The van der Waals surface area contributed by atoms with Gasteiger partial charge in [0.2, 0.25) is 0 Å². The molecule has 5 heteroatoms. The molecule has 1 aromatic carbocycles. The van der Waals surface area contributed by atoms with E-state index in [4.69, 9.17) is 5.73 Å². The molecule has 17 heavy (non-hydrogen) atoms. The first-order valence-corrected chi connectivity index (χ1v) is 5.10. The van der Waals surface area contributed by atoms with Crippen molar-refractivity contribution in [2.75, 3.05) is 6.54 Å². The van der Waals surface area contributed by atoms with Gasteiger partial charge in [0.05, 0.1) is 5.56 Å². The molecule has 94 valence electrons. The van der Waals surface area contributed by atoms with Crippen LogP contribution in [0.15, 0.2) is 24.3 Å². The lowest BCUT2D eigenvalue weighted by atomic mass is 10.0. The molecule has 0 aromatic heterocycles. The summed E-state index contributed by atoms with van der Waals surface area (Å²) in [5.41, 5.74) is 5.06. The van der Waals surface area contributed by atoms with Crippen LogP contribution in [-0.2, 0) is 6.18 Å². The Morgan fingerprint density at radius 3 is 2.53 bits per heavy atom. The van der Waals surface area contributed by atoms with Crippen LogP contribution in [-0.4, -0.2) is 6.54 Å². The van der Waals surface area contributed by atoms with E-state index in [9.17, 15) is 17.6 Å². The first-order chi connectivity index (χ1) is 7.86. The Morgan fingerprint density at radius 1 is 1.35 bits per heavy atom. The summed E-state index contributed by atoms with van der Waals surface area (Å²) in [6.07, 6.45) is -2.37. The Hall–Kier alpha value is -1.36. The fraction of sp³-hybridized carbons (Fsp3) is 0.333. The largest absolute Gasteiger partial charge is 0.419 e. The third-order valence-electron chi connectivity index (χ3n) is 2.34. The predicted octanol–water partition coefficient (Wildman–Crippen LogP) is 3.60. The Bertz CT molecular complexity index is 421. The van der Waals surface area contributed by atoms with Gasteiger partial charge in [-0.15, -0.1) is 0 Å². The van der Waals surface area contributed by atoms with E-state index in [1.54, 1.807) is 13.0 Å². The van der Waals surface area contributed by atoms with Crippen molar-refractivity contribution in [1.82, 2.24) is 0 Å². The van der Waals surface area contributed by atoms with Gasteiger partial charge >= 0.3 is 6.18 Å². The van der Waals surface area contributed by atoms with E-state index in [0.717, 1.165) is 12.1 Å². The van der Waals surface area contributed by atoms with Gasteiger partial charge in [-0.25, -0.2) is 4.39 Å². The van der Waals surface area contributed by atoms with Gasteiger partial charge in [0, 0.05) is 0 Å². The molecule has 0 heterocycles. The molecular weight excluding hydrogens is 234 g/mol. The summed E-state index contributed by atoms with van der Waals surface area (Å²) in [5, 5.41) is 0. The number of hydrogen-bond donors (Lipinski definition) is 1. The fourth-order valence-electron chi connectivity index (χ4n) is 1.41. The molecule has 0 aliphatic carbocycles. The third-order valence-corrected chi connectivity index (χ3v) is 2.34. The van der Waals surface area contributed by atoms with Gasteiger partial charge < -0.3 is 5.73 Å². The highest BCUT2D eigenvalue weighted by molar-refractivity contribution is 5.64. The highest BCUT2D eigenvalue weighted by atomic mass is 19.4. The molecule has 1 aromatic rings. The zero-order valence-electron chi connectivity index (χ0n) is 9.31. The summed E-state index contributed by atoms with van der Waals surface area (Å²) in [6.45, 7) is 2.09. The molecule has 0 bridgehead atoms. The van der Waals surface area contributed by atoms with E-state index in [0.29, 0.717) is 24.1 Å². The summed E-state index contributed by atoms with van der Waals surface area (Å²) >= 11 is 0. The normalized spacial score (nSPS) is 12.9. The maximum atomic E-state index is 13.0. The van der Waals surface area contributed by atoms with Gasteiger partial charge in [-0.05, 0) is 43.2 Å². The van der Waals surface area contributed by atoms with Crippen molar-refractivity contribution in [1.29, 1.82) is 0 Å². The topological polar surface area (TPSA) is 26.0 Å². The number of halogens is 4. The summed E-state index contributed by atoms with van der Waals surface area (Å²) < 4.78 is 50.4. The van der Waals surface area contributed by atoms with E-state index < -0.39 is 17.6 Å². The van der Waals surface area contributed by atoms with Crippen molar-refractivity contribution in [3.63, 3.8) is 0 Å². The first-order valence-electron chi connectivity index (χ1n) is 5.10. The van der Waals surface area contributed by atoms with Crippen LogP contribution in [0.4, 0.5) is 17.6 Å². The summed E-state index contributed by atoms with van der Waals surface area (Å²) in [5.74, 6) is -1.26. The Labute approximate surface area is 96.9 Å². The maximum absolute atomic E-state index is 13.0. The van der Waals surface area contributed by atoms with Gasteiger partial charge in [0.1, 0.15) is 5.82 Å². The average Bonchev–Trinajstić information content (AvgIpc) is 2.25. The predicted molar refractivity (Wildman–Crippen MR) is 58.7 cm³/mol. The van der Waals surface area contributed by atoms with Gasteiger partial charge in [0.15, 0.2) is 0 Å². The molecule has 2 N–H and O–H groups in total. The molecule has 0 radical (unpaired) electrons. The molecule has 0 saturated heterocycles. The fourth-order valence-corrected chi connectivity index (χ4v) is 1.41. The quantitative estimate of drug-likeness (QED) is 0.811. The maximum Gasteiger partial charge on any atom is 0.419 e. The average molecular weight is 247 g/mol. The van der Waals surface area contributed by atoms with Gasteiger partial charge in [-0.3, -0.25) is 0 Å². The number of benzene rings is 1. The minimum absolute atomic E-state index is 0.354. The second-order valence-electron chi connectivity index (χ2n) is 3.66.